The van der Waals surface area contributed by atoms with Crippen molar-refractivity contribution in [1.29, 1.82) is 0 Å². The molecule has 1 N–H and O–H groups in total. The van der Waals surface area contributed by atoms with Gasteiger partial charge in [0.25, 0.3) is 0 Å². The zero-order valence-corrected chi connectivity index (χ0v) is 18.8. The number of hydrogen-bond acceptors (Lipinski definition) is 4. The maximum atomic E-state index is 12.3. The molecule has 29 heavy (non-hydrogen) atoms. The van der Waals surface area contributed by atoms with Crippen LogP contribution in [0.15, 0.2) is 18.2 Å². The molecule has 1 heterocycles. The Morgan fingerprint density at radius 2 is 1.86 bits per heavy atom. The number of carbonyl (C=O) groups is 1. The lowest BCUT2D eigenvalue weighted by Gasteiger charge is -2.26. The highest BCUT2D eigenvalue weighted by atomic mass is 35.5. The zero-order valence-electron chi connectivity index (χ0n) is 18.0. The summed E-state index contributed by atoms with van der Waals surface area (Å²) < 4.78 is 11.4. The van der Waals surface area contributed by atoms with E-state index in [1.54, 1.807) is 7.11 Å². The van der Waals surface area contributed by atoms with E-state index < -0.39 is 0 Å². The number of hydrogen-bond donors (Lipinski definition) is 1. The number of aryl methyl sites for hydroxylation is 1. The lowest BCUT2D eigenvalue weighted by atomic mass is 9.87. The summed E-state index contributed by atoms with van der Waals surface area (Å²) in [7, 11) is 1.67. The van der Waals surface area contributed by atoms with Crippen molar-refractivity contribution in [2.75, 3.05) is 33.4 Å². The maximum absolute atomic E-state index is 12.3. The monoisotopic (exact) mass is 424 g/mol. The molecule has 0 bridgehead atoms. The van der Waals surface area contributed by atoms with Gasteiger partial charge in [-0.05, 0) is 81.6 Å². The summed E-state index contributed by atoms with van der Waals surface area (Å²) in [4.78, 5) is 14.7. The number of ether oxygens (including phenoxy) is 2. The fourth-order valence-corrected chi connectivity index (χ4v) is 4.24. The Balaban J connectivity index is 0.00000300. The predicted octanol–water partition coefficient (Wildman–Crippen LogP) is 4.22. The summed E-state index contributed by atoms with van der Waals surface area (Å²) >= 11 is 0. The van der Waals surface area contributed by atoms with Gasteiger partial charge in [-0.25, -0.2) is 0 Å². The Morgan fingerprint density at radius 3 is 2.55 bits per heavy atom. The smallest absolute Gasteiger partial charge is 0.220 e. The molecule has 1 aliphatic carbocycles. The maximum Gasteiger partial charge on any atom is 0.220 e. The minimum absolute atomic E-state index is 0. The molecule has 2 fully saturated rings. The van der Waals surface area contributed by atoms with Crippen molar-refractivity contribution >= 4 is 18.3 Å². The molecule has 3 rings (SSSR count). The van der Waals surface area contributed by atoms with Gasteiger partial charge in [0.1, 0.15) is 6.61 Å². The van der Waals surface area contributed by atoms with Gasteiger partial charge in [0.05, 0.1) is 7.11 Å². The number of amides is 1. The predicted molar refractivity (Wildman–Crippen MR) is 119 cm³/mol. The summed E-state index contributed by atoms with van der Waals surface area (Å²) in [6.45, 7) is 6.30. The van der Waals surface area contributed by atoms with E-state index in [9.17, 15) is 4.79 Å². The van der Waals surface area contributed by atoms with E-state index in [1.807, 2.05) is 18.2 Å². The largest absolute Gasteiger partial charge is 0.493 e. The normalized spacial score (nSPS) is 22.0. The van der Waals surface area contributed by atoms with Gasteiger partial charge in [0, 0.05) is 19.0 Å². The molecule has 1 saturated heterocycles. The minimum Gasteiger partial charge on any atom is -0.493 e. The molecule has 1 saturated carbocycles. The molecule has 5 nitrogen and oxygen atoms in total. The van der Waals surface area contributed by atoms with Gasteiger partial charge in [0.2, 0.25) is 5.91 Å². The minimum atomic E-state index is 0. The molecule has 0 unspecified atom stereocenters. The van der Waals surface area contributed by atoms with Crippen molar-refractivity contribution in [1.82, 2.24) is 10.2 Å². The highest BCUT2D eigenvalue weighted by Gasteiger charge is 2.19. The second-order valence-corrected chi connectivity index (χ2v) is 8.41. The molecule has 0 atom stereocenters. The van der Waals surface area contributed by atoms with Crippen molar-refractivity contribution in [3.8, 4) is 11.5 Å². The molecular formula is C23H37ClN2O3. The standard InChI is InChI=1S/C23H36N2O3.ClH/c1-18-5-9-20(10-6-18)24-23(26)12-8-19-7-11-21(22(17-19)27-2)28-16-15-25-13-3-4-14-25;/h7,11,17-18,20H,3-6,8-10,12-16H2,1-2H3,(H,24,26);1H. The van der Waals surface area contributed by atoms with Gasteiger partial charge in [-0.2, -0.15) is 0 Å². The number of nitrogens with zero attached hydrogens (tertiary/aromatic N) is 1. The second-order valence-electron chi connectivity index (χ2n) is 8.41. The van der Waals surface area contributed by atoms with E-state index in [0.717, 1.165) is 48.8 Å². The van der Waals surface area contributed by atoms with Crippen LogP contribution in [0.3, 0.4) is 0 Å². The molecule has 0 spiro atoms. The quantitative estimate of drug-likeness (QED) is 0.644. The molecule has 1 aromatic rings. The highest BCUT2D eigenvalue weighted by Crippen LogP contribution is 2.29. The SMILES string of the molecule is COc1cc(CCC(=O)NC2CCC(C)CC2)ccc1OCCN1CCCC1.Cl. The van der Waals surface area contributed by atoms with Gasteiger partial charge in [-0.1, -0.05) is 13.0 Å². The molecule has 1 amide bonds. The van der Waals surface area contributed by atoms with Crippen LogP contribution in [0.2, 0.25) is 0 Å². The van der Waals surface area contributed by atoms with Crippen LogP contribution in [0.5, 0.6) is 11.5 Å². The van der Waals surface area contributed by atoms with Crippen LogP contribution in [0.4, 0.5) is 0 Å². The number of carbonyl (C=O) groups excluding carboxylic acids is 1. The molecule has 164 valence electrons. The van der Waals surface area contributed by atoms with Crippen molar-refractivity contribution in [2.45, 2.75) is 64.3 Å². The lowest BCUT2D eigenvalue weighted by molar-refractivity contribution is -0.122. The van der Waals surface area contributed by atoms with E-state index in [1.165, 1.54) is 38.8 Å². The third-order valence-corrected chi connectivity index (χ3v) is 6.11. The van der Waals surface area contributed by atoms with Gasteiger partial charge >= 0.3 is 0 Å². The van der Waals surface area contributed by atoms with Crippen molar-refractivity contribution < 1.29 is 14.3 Å². The third kappa shape index (κ3) is 7.71. The number of halogens is 1. The van der Waals surface area contributed by atoms with Gasteiger partial charge in [0.15, 0.2) is 11.5 Å². The fourth-order valence-electron chi connectivity index (χ4n) is 4.24. The Morgan fingerprint density at radius 1 is 1.14 bits per heavy atom. The highest BCUT2D eigenvalue weighted by molar-refractivity contribution is 5.85. The van der Waals surface area contributed by atoms with Crippen molar-refractivity contribution in [2.24, 2.45) is 5.92 Å². The lowest BCUT2D eigenvalue weighted by Crippen LogP contribution is -2.37. The number of rotatable bonds is 9. The molecule has 0 radical (unpaired) electrons. The average Bonchev–Trinajstić information content (AvgIpc) is 3.22. The molecule has 6 heteroatoms. The summed E-state index contributed by atoms with van der Waals surface area (Å²) in [6, 6.07) is 6.38. The second kappa shape index (κ2) is 12.3. The summed E-state index contributed by atoms with van der Waals surface area (Å²) in [6.07, 6.45) is 8.51. The molecular weight excluding hydrogens is 388 g/mol. The van der Waals surface area contributed by atoms with Crippen LogP contribution >= 0.6 is 12.4 Å². The molecule has 1 aromatic carbocycles. The van der Waals surface area contributed by atoms with Crippen LogP contribution in [0, 0.1) is 5.92 Å². The molecule has 0 aromatic heterocycles. The topological polar surface area (TPSA) is 50.8 Å². The van der Waals surface area contributed by atoms with E-state index in [-0.39, 0.29) is 18.3 Å². The van der Waals surface area contributed by atoms with Crippen LogP contribution in [0.1, 0.15) is 57.4 Å². The average molecular weight is 425 g/mol. The van der Waals surface area contributed by atoms with Crippen LogP contribution < -0.4 is 14.8 Å². The van der Waals surface area contributed by atoms with Crippen LogP contribution in [-0.2, 0) is 11.2 Å². The van der Waals surface area contributed by atoms with Crippen molar-refractivity contribution in [3.63, 3.8) is 0 Å². The first-order chi connectivity index (χ1) is 13.6. The summed E-state index contributed by atoms with van der Waals surface area (Å²) in [5.74, 6) is 2.49. The Labute approximate surface area is 181 Å². The Kier molecular flexibility index (Phi) is 10.1. The molecule has 2 aliphatic rings. The number of benzene rings is 1. The van der Waals surface area contributed by atoms with Crippen LogP contribution in [0.25, 0.3) is 0 Å². The van der Waals surface area contributed by atoms with Gasteiger partial charge in [-0.3, -0.25) is 9.69 Å². The fraction of sp³-hybridized carbons (Fsp3) is 0.696. The first kappa shape index (κ1) is 23.8. The van der Waals surface area contributed by atoms with E-state index in [2.05, 4.69) is 17.1 Å². The van der Waals surface area contributed by atoms with Gasteiger partial charge in [-0.15, -0.1) is 12.4 Å². The van der Waals surface area contributed by atoms with Crippen molar-refractivity contribution in [3.05, 3.63) is 23.8 Å². The van der Waals surface area contributed by atoms with E-state index in [0.29, 0.717) is 19.1 Å². The first-order valence-corrected chi connectivity index (χ1v) is 11.0. The van der Waals surface area contributed by atoms with Gasteiger partial charge < -0.3 is 14.8 Å². The summed E-state index contributed by atoms with van der Waals surface area (Å²) in [5, 5.41) is 3.20. The number of likely N-dealkylation sites (tertiary alicyclic amines) is 1. The number of methoxy groups -OCH3 is 1. The zero-order chi connectivity index (χ0) is 19.8. The molecule has 1 aliphatic heterocycles. The van der Waals surface area contributed by atoms with E-state index >= 15 is 0 Å². The number of nitrogens with one attached hydrogen (secondary N) is 1. The Bertz CT molecular complexity index is 627. The first-order valence-electron chi connectivity index (χ1n) is 11.0. The van der Waals surface area contributed by atoms with Crippen LogP contribution in [-0.4, -0.2) is 50.2 Å². The Hall–Kier alpha value is -1.46. The van der Waals surface area contributed by atoms with E-state index in [4.69, 9.17) is 9.47 Å². The summed E-state index contributed by atoms with van der Waals surface area (Å²) in [5.41, 5.74) is 1.11. The third-order valence-electron chi connectivity index (χ3n) is 6.11.